The van der Waals surface area contributed by atoms with Crippen molar-refractivity contribution in [3.8, 4) is 0 Å². The molecule has 2 fully saturated rings. The Labute approximate surface area is 157 Å². The SMILES string of the molecule is COC(=O)[C@]1(F)CCN(C(=O)C2(S(=O)(=O)c3ccccc3)CCOCC2)C1. The number of carbonyl (C=O) groups excluding carboxylic acids is 2. The number of nitrogens with zero attached hydrogens (tertiary/aromatic N) is 1. The molecule has 1 aromatic carbocycles. The van der Waals surface area contributed by atoms with Crippen molar-refractivity contribution in [2.45, 2.75) is 34.6 Å². The molecule has 1 aromatic rings. The molecule has 27 heavy (non-hydrogen) atoms. The molecule has 0 aromatic heterocycles. The minimum Gasteiger partial charge on any atom is -0.467 e. The number of alkyl halides is 1. The summed E-state index contributed by atoms with van der Waals surface area (Å²) >= 11 is 0. The number of hydrogen-bond acceptors (Lipinski definition) is 6. The normalized spacial score (nSPS) is 25.2. The number of ether oxygens (including phenoxy) is 2. The molecule has 1 atom stereocenters. The van der Waals surface area contributed by atoms with E-state index in [4.69, 9.17) is 4.74 Å². The highest BCUT2D eigenvalue weighted by Crippen LogP contribution is 2.39. The van der Waals surface area contributed by atoms with Crippen molar-refractivity contribution in [1.82, 2.24) is 4.90 Å². The van der Waals surface area contributed by atoms with E-state index in [0.717, 1.165) is 12.0 Å². The first kappa shape index (κ1) is 19.8. The van der Waals surface area contributed by atoms with Gasteiger partial charge in [0.15, 0.2) is 14.6 Å². The Morgan fingerprint density at radius 3 is 2.37 bits per heavy atom. The van der Waals surface area contributed by atoms with Gasteiger partial charge in [0.2, 0.25) is 11.6 Å². The first-order chi connectivity index (χ1) is 12.8. The van der Waals surface area contributed by atoms with E-state index in [1.54, 1.807) is 18.2 Å². The molecule has 0 bridgehead atoms. The number of esters is 1. The Morgan fingerprint density at radius 1 is 1.15 bits per heavy atom. The molecule has 2 aliphatic rings. The third-order valence-electron chi connectivity index (χ3n) is 5.32. The lowest BCUT2D eigenvalue weighted by Gasteiger charge is -2.38. The van der Waals surface area contributed by atoms with Crippen LogP contribution < -0.4 is 0 Å². The Kier molecular flexibility index (Phi) is 5.27. The summed E-state index contributed by atoms with van der Waals surface area (Å²) < 4.78 is 49.6. The van der Waals surface area contributed by atoms with Gasteiger partial charge in [0.05, 0.1) is 18.6 Å². The van der Waals surface area contributed by atoms with Gasteiger partial charge in [-0.1, -0.05) is 18.2 Å². The number of hydrogen-bond donors (Lipinski definition) is 0. The highest BCUT2D eigenvalue weighted by Gasteiger charge is 2.57. The van der Waals surface area contributed by atoms with E-state index in [0.29, 0.717) is 0 Å². The highest BCUT2D eigenvalue weighted by atomic mass is 32.2. The Hall–Kier alpha value is -2.00. The summed E-state index contributed by atoms with van der Waals surface area (Å²) in [6.07, 6.45) is -0.252. The van der Waals surface area contributed by atoms with Gasteiger partial charge in [-0.15, -0.1) is 0 Å². The van der Waals surface area contributed by atoms with Crippen molar-refractivity contribution in [3.63, 3.8) is 0 Å². The van der Waals surface area contributed by atoms with Crippen LogP contribution in [0.5, 0.6) is 0 Å². The predicted octanol–water partition coefficient (Wildman–Crippen LogP) is 1.12. The molecule has 0 saturated carbocycles. The number of halogens is 1. The predicted molar refractivity (Wildman–Crippen MR) is 93.5 cm³/mol. The van der Waals surface area contributed by atoms with Gasteiger partial charge >= 0.3 is 5.97 Å². The number of carbonyl (C=O) groups is 2. The molecule has 2 heterocycles. The number of rotatable bonds is 4. The zero-order valence-electron chi connectivity index (χ0n) is 15.0. The van der Waals surface area contributed by atoms with Crippen molar-refractivity contribution in [3.05, 3.63) is 30.3 Å². The van der Waals surface area contributed by atoms with Crippen LogP contribution in [-0.2, 0) is 28.9 Å². The summed E-state index contributed by atoms with van der Waals surface area (Å²) in [5, 5.41) is 0. The topological polar surface area (TPSA) is 90.0 Å². The Bertz CT molecular complexity index is 822. The van der Waals surface area contributed by atoms with E-state index in [2.05, 4.69) is 4.74 Å². The van der Waals surface area contributed by atoms with Crippen LogP contribution in [0, 0.1) is 0 Å². The molecule has 7 nitrogen and oxygen atoms in total. The number of likely N-dealkylation sites (tertiary alicyclic amines) is 1. The fourth-order valence-electron chi connectivity index (χ4n) is 3.71. The summed E-state index contributed by atoms with van der Waals surface area (Å²) in [5.41, 5.74) is -2.31. The minimum atomic E-state index is -4.03. The molecule has 0 N–H and O–H groups in total. The minimum absolute atomic E-state index is 0.0168. The fraction of sp³-hybridized carbons (Fsp3) is 0.556. The van der Waals surface area contributed by atoms with Gasteiger partial charge < -0.3 is 14.4 Å². The highest BCUT2D eigenvalue weighted by molar-refractivity contribution is 7.93. The van der Waals surface area contributed by atoms with Crippen molar-refractivity contribution >= 4 is 21.7 Å². The Balaban J connectivity index is 1.96. The van der Waals surface area contributed by atoms with Crippen LogP contribution in [0.3, 0.4) is 0 Å². The number of sulfone groups is 1. The fourth-order valence-corrected chi connectivity index (χ4v) is 5.74. The second-order valence-corrected chi connectivity index (χ2v) is 9.12. The molecule has 2 aliphatic heterocycles. The zero-order valence-corrected chi connectivity index (χ0v) is 15.8. The quantitative estimate of drug-likeness (QED) is 0.705. The lowest BCUT2D eigenvalue weighted by Crippen LogP contribution is -2.56. The molecule has 0 aliphatic carbocycles. The van der Waals surface area contributed by atoms with Gasteiger partial charge in [0.1, 0.15) is 0 Å². The molecule has 0 unspecified atom stereocenters. The van der Waals surface area contributed by atoms with E-state index in [9.17, 15) is 22.4 Å². The van der Waals surface area contributed by atoms with E-state index >= 15 is 0 Å². The monoisotopic (exact) mass is 399 g/mol. The van der Waals surface area contributed by atoms with Gasteiger partial charge in [-0.05, 0) is 25.0 Å². The summed E-state index contributed by atoms with van der Waals surface area (Å²) in [4.78, 5) is 26.2. The lowest BCUT2D eigenvalue weighted by atomic mass is 9.97. The van der Waals surface area contributed by atoms with Crippen LogP contribution in [0.2, 0.25) is 0 Å². The van der Waals surface area contributed by atoms with E-state index in [1.165, 1.54) is 12.1 Å². The molecular formula is C18H22FNO6S. The molecule has 3 rings (SSSR count). The maximum Gasteiger partial charge on any atom is 0.345 e. The average Bonchev–Trinajstić information content (AvgIpc) is 3.11. The van der Waals surface area contributed by atoms with Gasteiger partial charge in [0, 0.05) is 26.2 Å². The van der Waals surface area contributed by atoms with Crippen molar-refractivity contribution < 1.29 is 31.9 Å². The van der Waals surface area contributed by atoms with Crippen molar-refractivity contribution in [2.24, 2.45) is 0 Å². The van der Waals surface area contributed by atoms with Gasteiger partial charge in [0.25, 0.3) is 0 Å². The van der Waals surface area contributed by atoms with Gasteiger partial charge in [-0.3, -0.25) is 4.79 Å². The number of methoxy groups -OCH3 is 1. The van der Waals surface area contributed by atoms with E-state index in [1.807, 2.05) is 0 Å². The van der Waals surface area contributed by atoms with Crippen LogP contribution in [-0.4, -0.2) is 69.0 Å². The third-order valence-corrected chi connectivity index (χ3v) is 7.82. The first-order valence-electron chi connectivity index (χ1n) is 8.71. The molecule has 0 radical (unpaired) electrons. The van der Waals surface area contributed by atoms with Crippen LogP contribution in [0.4, 0.5) is 4.39 Å². The zero-order chi connectivity index (χ0) is 19.7. The molecular weight excluding hydrogens is 377 g/mol. The maximum atomic E-state index is 14.8. The summed E-state index contributed by atoms with van der Waals surface area (Å²) in [6, 6.07) is 7.75. The van der Waals surface area contributed by atoms with Crippen LogP contribution in [0.1, 0.15) is 19.3 Å². The third kappa shape index (κ3) is 3.23. The summed E-state index contributed by atoms with van der Waals surface area (Å²) in [7, 11) is -2.96. The van der Waals surface area contributed by atoms with Crippen LogP contribution in [0.15, 0.2) is 35.2 Å². The lowest BCUT2D eigenvalue weighted by molar-refractivity contribution is -0.154. The second kappa shape index (κ2) is 7.20. The molecule has 0 spiro atoms. The number of benzene rings is 1. The summed E-state index contributed by atoms with van der Waals surface area (Å²) in [6.45, 7) is -0.324. The molecule has 2 saturated heterocycles. The van der Waals surface area contributed by atoms with E-state index in [-0.39, 0.29) is 43.9 Å². The maximum absolute atomic E-state index is 14.8. The Morgan fingerprint density at radius 2 is 1.78 bits per heavy atom. The molecule has 9 heteroatoms. The average molecular weight is 399 g/mol. The van der Waals surface area contributed by atoms with Gasteiger partial charge in [-0.25, -0.2) is 17.6 Å². The van der Waals surface area contributed by atoms with Crippen molar-refractivity contribution in [2.75, 3.05) is 33.4 Å². The number of amides is 1. The van der Waals surface area contributed by atoms with Crippen molar-refractivity contribution in [1.29, 1.82) is 0 Å². The molecule has 148 valence electrons. The molecule has 1 amide bonds. The second-order valence-electron chi connectivity index (χ2n) is 6.86. The summed E-state index contributed by atoms with van der Waals surface area (Å²) in [5.74, 6) is -1.73. The van der Waals surface area contributed by atoms with E-state index < -0.39 is 38.7 Å². The standard InChI is InChI=1S/C18H22FNO6S/c1-25-16(22)17(19)7-10-20(13-17)15(21)18(8-11-26-12-9-18)27(23,24)14-5-3-2-4-6-14/h2-6H,7-13H2,1H3/t17-/m0/s1. The van der Waals surface area contributed by atoms with Crippen LogP contribution in [0.25, 0.3) is 0 Å². The van der Waals surface area contributed by atoms with Crippen LogP contribution >= 0.6 is 0 Å². The van der Waals surface area contributed by atoms with Gasteiger partial charge in [-0.2, -0.15) is 0 Å². The first-order valence-corrected chi connectivity index (χ1v) is 10.2. The largest absolute Gasteiger partial charge is 0.467 e. The smallest absolute Gasteiger partial charge is 0.345 e.